The van der Waals surface area contributed by atoms with Gasteiger partial charge in [0.2, 0.25) is 5.91 Å². The molecule has 1 aliphatic heterocycles. The highest BCUT2D eigenvalue weighted by Crippen LogP contribution is 2.22. The Morgan fingerprint density at radius 3 is 2.50 bits per heavy atom. The summed E-state index contributed by atoms with van der Waals surface area (Å²) in [6, 6.07) is 8.62. The van der Waals surface area contributed by atoms with E-state index in [0.29, 0.717) is 18.3 Å². The lowest BCUT2D eigenvalue weighted by Gasteiger charge is -2.17. The number of benzene rings is 1. The van der Waals surface area contributed by atoms with Crippen molar-refractivity contribution in [3.8, 4) is 0 Å². The third-order valence-electron chi connectivity index (χ3n) is 3.53. The van der Waals surface area contributed by atoms with Crippen LogP contribution >= 0.6 is 15.9 Å². The average molecular weight is 310 g/mol. The Morgan fingerprint density at radius 1 is 1.33 bits per heavy atom. The Hall–Kier alpha value is -0.830. The van der Waals surface area contributed by atoms with E-state index >= 15 is 0 Å². The van der Waals surface area contributed by atoms with E-state index in [2.05, 4.69) is 54.0 Å². The number of carbonyl (C=O) groups is 1. The maximum atomic E-state index is 11.8. The van der Waals surface area contributed by atoms with E-state index in [-0.39, 0.29) is 5.91 Å². The molecule has 98 valence electrons. The third-order valence-corrected chi connectivity index (χ3v) is 4.45. The molecular weight excluding hydrogens is 290 g/mol. The molecule has 1 aromatic rings. The van der Waals surface area contributed by atoms with Crippen molar-refractivity contribution in [2.24, 2.45) is 5.92 Å². The van der Waals surface area contributed by atoms with Crippen molar-refractivity contribution in [3.63, 3.8) is 0 Å². The predicted molar refractivity (Wildman–Crippen MR) is 77.8 cm³/mol. The minimum atomic E-state index is 0.285. The van der Waals surface area contributed by atoms with Crippen molar-refractivity contribution in [2.45, 2.75) is 32.7 Å². The molecule has 1 aromatic carbocycles. The first kappa shape index (κ1) is 13.6. The van der Waals surface area contributed by atoms with Crippen LogP contribution in [-0.4, -0.2) is 22.7 Å². The average Bonchev–Trinajstić information content (AvgIpc) is 2.71. The van der Waals surface area contributed by atoms with Crippen LogP contribution in [0.5, 0.6) is 0 Å². The standard InChI is InChI=1S/C15H20BrNO/c1-11(2)14-5-3-12(4-6-14)9-17-10-13(8-16)7-15(17)18/h3-6,11,13H,7-10H2,1-2H3. The molecule has 1 saturated heterocycles. The maximum Gasteiger partial charge on any atom is 0.223 e. The summed E-state index contributed by atoms with van der Waals surface area (Å²) in [4.78, 5) is 13.8. The second kappa shape index (κ2) is 5.87. The second-order valence-corrected chi connectivity index (χ2v) is 6.04. The number of amides is 1. The molecule has 0 aromatic heterocycles. The predicted octanol–water partition coefficient (Wildman–Crippen LogP) is 3.55. The van der Waals surface area contributed by atoms with E-state index in [1.807, 2.05) is 4.90 Å². The van der Waals surface area contributed by atoms with Crippen LogP contribution in [0.1, 0.15) is 37.3 Å². The third kappa shape index (κ3) is 3.14. The Balaban J connectivity index is 1.99. The van der Waals surface area contributed by atoms with Crippen LogP contribution in [0.25, 0.3) is 0 Å². The van der Waals surface area contributed by atoms with Crippen molar-refractivity contribution < 1.29 is 4.79 Å². The van der Waals surface area contributed by atoms with Gasteiger partial charge in [-0.15, -0.1) is 0 Å². The van der Waals surface area contributed by atoms with Gasteiger partial charge in [-0.2, -0.15) is 0 Å². The zero-order valence-corrected chi connectivity index (χ0v) is 12.6. The zero-order valence-electron chi connectivity index (χ0n) is 11.0. The number of rotatable bonds is 4. The highest BCUT2D eigenvalue weighted by Gasteiger charge is 2.28. The number of nitrogens with zero attached hydrogens (tertiary/aromatic N) is 1. The monoisotopic (exact) mass is 309 g/mol. The number of likely N-dealkylation sites (tertiary alicyclic amines) is 1. The molecule has 2 nitrogen and oxygen atoms in total. The Labute approximate surface area is 117 Å². The molecule has 1 atom stereocenters. The van der Waals surface area contributed by atoms with Gasteiger partial charge in [0.05, 0.1) is 0 Å². The number of hydrogen-bond donors (Lipinski definition) is 0. The van der Waals surface area contributed by atoms with E-state index in [1.54, 1.807) is 0 Å². The number of halogens is 1. The number of alkyl halides is 1. The minimum absolute atomic E-state index is 0.285. The van der Waals surface area contributed by atoms with Gasteiger partial charge in [-0.1, -0.05) is 54.0 Å². The quantitative estimate of drug-likeness (QED) is 0.779. The molecule has 18 heavy (non-hydrogen) atoms. The highest BCUT2D eigenvalue weighted by molar-refractivity contribution is 9.09. The summed E-state index contributed by atoms with van der Waals surface area (Å²) in [5.74, 6) is 1.32. The second-order valence-electron chi connectivity index (χ2n) is 5.39. The molecule has 2 rings (SSSR count). The molecule has 1 aliphatic rings. The molecular formula is C15H20BrNO. The SMILES string of the molecule is CC(C)c1ccc(CN2CC(CBr)CC2=O)cc1. The van der Waals surface area contributed by atoms with Crippen molar-refractivity contribution in [1.82, 2.24) is 4.90 Å². The van der Waals surface area contributed by atoms with Crippen molar-refractivity contribution in [3.05, 3.63) is 35.4 Å². The molecule has 0 spiro atoms. The summed E-state index contributed by atoms with van der Waals surface area (Å²) in [6.07, 6.45) is 0.690. The fourth-order valence-electron chi connectivity index (χ4n) is 2.34. The summed E-state index contributed by atoms with van der Waals surface area (Å²) in [6.45, 7) is 6.02. The van der Waals surface area contributed by atoms with Gasteiger partial charge in [-0.05, 0) is 23.0 Å². The molecule has 1 heterocycles. The fraction of sp³-hybridized carbons (Fsp3) is 0.533. The first-order valence-corrected chi connectivity index (χ1v) is 7.65. The van der Waals surface area contributed by atoms with E-state index in [9.17, 15) is 4.79 Å². The van der Waals surface area contributed by atoms with Crippen LogP contribution in [0.3, 0.4) is 0 Å². The largest absolute Gasteiger partial charge is 0.338 e. The summed E-state index contributed by atoms with van der Waals surface area (Å²) >= 11 is 3.46. The molecule has 0 N–H and O–H groups in total. The highest BCUT2D eigenvalue weighted by atomic mass is 79.9. The van der Waals surface area contributed by atoms with Crippen LogP contribution in [0.4, 0.5) is 0 Å². The lowest BCUT2D eigenvalue weighted by atomic mass is 10.0. The Kier molecular flexibility index (Phi) is 4.44. The molecule has 0 bridgehead atoms. The summed E-state index contributed by atoms with van der Waals surface area (Å²) in [7, 11) is 0. The maximum absolute atomic E-state index is 11.8. The fourth-order valence-corrected chi connectivity index (χ4v) is 2.77. The zero-order chi connectivity index (χ0) is 13.1. The van der Waals surface area contributed by atoms with Crippen LogP contribution in [0, 0.1) is 5.92 Å². The van der Waals surface area contributed by atoms with Gasteiger partial charge in [-0.3, -0.25) is 4.79 Å². The smallest absolute Gasteiger partial charge is 0.223 e. The van der Waals surface area contributed by atoms with Gasteiger partial charge in [0.15, 0.2) is 0 Å². The summed E-state index contributed by atoms with van der Waals surface area (Å²) in [5.41, 5.74) is 2.58. The van der Waals surface area contributed by atoms with Crippen molar-refractivity contribution >= 4 is 21.8 Å². The number of hydrogen-bond acceptors (Lipinski definition) is 1. The number of carbonyl (C=O) groups excluding carboxylic acids is 1. The Bertz CT molecular complexity index is 413. The molecule has 0 aliphatic carbocycles. The normalized spacial score (nSPS) is 19.9. The minimum Gasteiger partial charge on any atom is -0.338 e. The van der Waals surface area contributed by atoms with Crippen LogP contribution in [-0.2, 0) is 11.3 Å². The van der Waals surface area contributed by atoms with Gasteiger partial charge < -0.3 is 4.90 Å². The van der Waals surface area contributed by atoms with Gasteiger partial charge in [0.1, 0.15) is 0 Å². The first-order chi connectivity index (χ1) is 8.60. The van der Waals surface area contributed by atoms with E-state index < -0.39 is 0 Å². The van der Waals surface area contributed by atoms with Gasteiger partial charge in [0, 0.05) is 24.8 Å². The van der Waals surface area contributed by atoms with Crippen LogP contribution < -0.4 is 0 Å². The summed E-state index contributed by atoms with van der Waals surface area (Å²) in [5, 5.41) is 0.918. The lowest BCUT2D eigenvalue weighted by Crippen LogP contribution is -2.24. The van der Waals surface area contributed by atoms with Gasteiger partial charge in [-0.25, -0.2) is 0 Å². The molecule has 3 heteroatoms. The van der Waals surface area contributed by atoms with E-state index in [1.165, 1.54) is 11.1 Å². The molecule has 0 saturated carbocycles. The van der Waals surface area contributed by atoms with Gasteiger partial charge in [0.25, 0.3) is 0 Å². The van der Waals surface area contributed by atoms with E-state index in [0.717, 1.165) is 18.4 Å². The van der Waals surface area contributed by atoms with Crippen LogP contribution in [0.15, 0.2) is 24.3 Å². The summed E-state index contributed by atoms with van der Waals surface area (Å²) < 4.78 is 0. The van der Waals surface area contributed by atoms with E-state index in [4.69, 9.17) is 0 Å². The molecule has 1 amide bonds. The van der Waals surface area contributed by atoms with Gasteiger partial charge >= 0.3 is 0 Å². The first-order valence-electron chi connectivity index (χ1n) is 6.52. The molecule has 0 radical (unpaired) electrons. The van der Waals surface area contributed by atoms with Crippen molar-refractivity contribution in [2.75, 3.05) is 11.9 Å². The Morgan fingerprint density at radius 2 is 2.00 bits per heavy atom. The topological polar surface area (TPSA) is 20.3 Å². The van der Waals surface area contributed by atoms with Crippen LogP contribution in [0.2, 0.25) is 0 Å². The van der Waals surface area contributed by atoms with Crippen molar-refractivity contribution in [1.29, 1.82) is 0 Å². The molecule has 1 unspecified atom stereocenters. The lowest BCUT2D eigenvalue weighted by molar-refractivity contribution is -0.128. The molecule has 1 fully saturated rings.